The summed E-state index contributed by atoms with van der Waals surface area (Å²) in [6.45, 7) is 2.30. The Balaban J connectivity index is 1.34. The van der Waals surface area contributed by atoms with Crippen LogP contribution < -0.4 is 10.5 Å². The molecule has 1 fully saturated rings. The molecule has 1 amide bonds. The third-order valence-corrected chi connectivity index (χ3v) is 6.07. The van der Waals surface area contributed by atoms with Gasteiger partial charge in [-0.05, 0) is 31.0 Å². The quantitative estimate of drug-likeness (QED) is 0.612. The van der Waals surface area contributed by atoms with E-state index in [9.17, 15) is 9.59 Å². The Bertz CT molecular complexity index is 1220. The molecule has 2 aliphatic rings. The number of anilines is 1. The van der Waals surface area contributed by atoms with E-state index in [1.165, 1.54) is 9.47 Å². The number of nitrogens with zero attached hydrogens (tertiary/aromatic N) is 5. The lowest BCUT2D eigenvalue weighted by Gasteiger charge is -2.12. The summed E-state index contributed by atoms with van der Waals surface area (Å²) in [5.74, 6) is 1.22. The Morgan fingerprint density at radius 1 is 1.19 bits per heavy atom. The Kier molecular flexibility index (Phi) is 4.86. The van der Waals surface area contributed by atoms with Crippen LogP contribution in [0, 0.1) is 6.92 Å². The van der Waals surface area contributed by atoms with Gasteiger partial charge in [-0.1, -0.05) is 28.9 Å². The van der Waals surface area contributed by atoms with Gasteiger partial charge in [0.15, 0.2) is 5.82 Å². The van der Waals surface area contributed by atoms with Gasteiger partial charge in [-0.3, -0.25) is 14.2 Å². The van der Waals surface area contributed by atoms with Crippen LogP contribution in [0.2, 0.25) is 5.02 Å². The highest BCUT2D eigenvalue weighted by molar-refractivity contribution is 6.30. The Morgan fingerprint density at radius 2 is 1.97 bits per heavy atom. The number of fused-ring (bicyclic) bond motifs is 1. The lowest BCUT2D eigenvalue weighted by atomic mass is 10.0. The van der Waals surface area contributed by atoms with Gasteiger partial charge < -0.3 is 14.2 Å². The van der Waals surface area contributed by atoms with Crippen LogP contribution in [0.25, 0.3) is 0 Å². The van der Waals surface area contributed by atoms with E-state index < -0.39 is 0 Å². The maximum absolute atomic E-state index is 12.9. The summed E-state index contributed by atoms with van der Waals surface area (Å²) in [7, 11) is 1.58. The first-order chi connectivity index (χ1) is 14.9. The summed E-state index contributed by atoms with van der Waals surface area (Å²) < 4.78 is 12.8. The third-order valence-electron chi connectivity index (χ3n) is 5.82. The first-order valence-electron chi connectivity index (χ1n) is 9.97. The van der Waals surface area contributed by atoms with Crippen molar-refractivity contribution in [2.24, 2.45) is 0 Å². The van der Waals surface area contributed by atoms with Crippen molar-refractivity contribution < 1.29 is 14.1 Å². The van der Waals surface area contributed by atoms with Crippen molar-refractivity contribution in [1.29, 1.82) is 0 Å². The van der Waals surface area contributed by atoms with Crippen LogP contribution in [-0.4, -0.2) is 39.3 Å². The minimum Gasteiger partial charge on any atom is -0.373 e. The number of amides is 1. The second kappa shape index (κ2) is 7.58. The summed E-state index contributed by atoms with van der Waals surface area (Å²) in [6.07, 6.45) is 0.819. The summed E-state index contributed by atoms with van der Waals surface area (Å²) in [5.41, 5.74) is 1.59. The van der Waals surface area contributed by atoms with Crippen LogP contribution in [0.15, 0.2) is 33.6 Å². The van der Waals surface area contributed by atoms with Gasteiger partial charge in [-0.25, -0.2) is 4.98 Å². The molecule has 5 rings (SSSR count). The zero-order chi connectivity index (χ0) is 21.7. The van der Waals surface area contributed by atoms with E-state index in [0.717, 1.165) is 12.0 Å². The second-order valence-corrected chi connectivity index (χ2v) is 8.26. The number of ether oxygens (including phenoxy) is 1. The number of halogens is 1. The van der Waals surface area contributed by atoms with Crippen molar-refractivity contribution in [3.05, 3.63) is 68.4 Å². The topological polar surface area (TPSA) is 103 Å². The molecule has 31 heavy (non-hydrogen) atoms. The van der Waals surface area contributed by atoms with Gasteiger partial charge >= 0.3 is 0 Å². The van der Waals surface area contributed by atoms with Gasteiger partial charge in [0, 0.05) is 18.0 Å². The number of aromatic nitrogens is 4. The van der Waals surface area contributed by atoms with E-state index in [1.54, 1.807) is 14.0 Å². The Labute approximate surface area is 182 Å². The molecule has 10 heteroatoms. The highest BCUT2D eigenvalue weighted by Crippen LogP contribution is 2.37. The molecule has 0 unspecified atom stereocenters. The number of carbonyl (C=O) groups excluding carboxylic acids is 1. The monoisotopic (exact) mass is 441 g/mol. The van der Waals surface area contributed by atoms with E-state index in [4.69, 9.17) is 20.9 Å². The highest BCUT2D eigenvalue weighted by Gasteiger charge is 2.32. The normalized spacial score (nSPS) is 20.5. The van der Waals surface area contributed by atoms with E-state index in [-0.39, 0.29) is 36.5 Å². The van der Waals surface area contributed by atoms with Gasteiger partial charge in [0.05, 0.1) is 24.8 Å². The molecule has 2 aromatic heterocycles. The molecular formula is C21H20ClN5O4. The summed E-state index contributed by atoms with van der Waals surface area (Å²) >= 11 is 5.96. The SMILES string of the molecule is Cc1nc2c(c(=O)n1Cc1nc([C@@H]3CO[C@@H](c4ccc(Cl)cc4)C3)no1)N(C)C(=O)C2. The maximum atomic E-state index is 12.9. The number of hydrogen-bond donors (Lipinski definition) is 0. The van der Waals surface area contributed by atoms with Crippen LogP contribution in [0.1, 0.15) is 47.2 Å². The average Bonchev–Trinajstić information content (AvgIpc) is 3.46. The van der Waals surface area contributed by atoms with Crippen molar-refractivity contribution in [2.45, 2.75) is 38.3 Å². The summed E-state index contributed by atoms with van der Waals surface area (Å²) in [5, 5.41) is 4.79. The van der Waals surface area contributed by atoms with Crippen molar-refractivity contribution in [3.63, 3.8) is 0 Å². The third kappa shape index (κ3) is 3.53. The number of rotatable bonds is 4. The van der Waals surface area contributed by atoms with Gasteiger partial charge in [-0.2, -0.15) is 4.98 Å². The average molecular weight is 442 g/mol. The van der Waals surface area contributed by atoms with Gasteiger partial charge in [-0.15, -0.1) is 0 Å². The van der Waals surface area contributed by atoms with Crippen LogP contribution in [0.4, 0.5) is 5.69 Å². The van der Waals surface area contributed by atoms with Crippen LogP contribution in [0.3, 0.4) is 0 Å². The van der Waals surface area contributed by atoms with E-state index in [0.29, 0.717) is 40.6 Å². The summed E-state index contributed by atoms with van der Waals surface area (Å²) in [6, 6.07) is 7.59. The molecule has 1 saturated heterocycles. The fourth-order valence-electron chi connectivity index (χ4n) is 4.09. The van der Waals surface area contributed by atoms with Crippen LogP contribution in [0.5, 0.6) is 0 Å². The summed E-state index contributed by atoms with van der Waals surface area (Å²) in [4.78, 5) is 35.2. The second-order valence-electron chi connectivity index (χ2n) is 7.83. The first kappa shape index (κ1) is 19.9. The molecule has 2 atom stereocenters. The van der Waals surface area contributed by atoms with Gasteiger partial charge in [0.1, 0.15) is 18.1 Å². The predicted octanol–water partition coefficient (Wildman–Crippen LogP) is 2.40. The lowest BCUT2D eigenvalue weighted by molar-refractivity contribution is -0.117. The Hall–Kier alpha value is -3.04. The molecule has 0 saturated carbocycles. The Morgan fingerprint density at radius 3 is 2.74 bits per heavy atom. The van der Waals surface area contributed by atoms with Crippen LogP contribution >= 0.6 is 11.6 Å². The minimum atomic E-state index is -0.289. The number of likely N-dealkylation sites (N-methyl/N-ethyl adjacent to an activating group) is 1. The van der Waals surface area contributed by atoms with Gasteiger partial charge in [0.2, 0.25) is 11.8 Å². The molecule has 3 aromatic rings. The molecule has 160 valence electrons. The molecule has 1 aromatic carbocycles. The first-order valence-corrected chi connectivity index (χ1v) is 10.3. The highest BCUT2D eigenvalue weighted by atomic mass is 35.5. The predicted molar refractivity (Wildman–Crippen MR) is 111 cm³/mol. The fraction of sp³-hybridized carbons (Fsp3) is 0.381. The van der Waals surface area contributed by atoms with Crippen molar-refractivity contribution in [1.82, 2.24) is 19.7 Å². The van der Waals surface area contributed by atoms with Crippen molar-refractivity contribution >= 4 is 23.2 Å². The minimum absolute atomic E-state index is 0.00195. The van der Waals surface area contributed by atoms with Crippen molar-refractivity contribution in [2.75, 3.05) is 18.6 Å². The molecule has 0 radical (unpaired) electrons. The molecular weight excluding hydrogens is 422 g/mol. The number of hydrogen-bond acceptors (Lipinski definition) is 7. The number of benzene rings is 1. The standard InChI is InChI=1S/C21H20ClN5O4/c1-11-23-15-8-18(28)26(2)19(15)21(29)27(11)9-17-24-20(25-31-17)13-7-16(30-10-13)12-3-5-14(22)6-4-12/h3-6,13,16H,7-10H2,1-2H3/t13-,16+/m0/s1. The van der Waals surface area contributed by atoms with E-state index in [1.807, 2.05) is 24.3 Å². The molecule has 2 aliphatic heterocycles. The molecule has 4 heterocycles. The molecule has 0 bridgehead atoms. The smallest absolute Gasteiger partial charge is 0.278 e. The fourth-order valence-corrected chi connectivity index (χ4v) is 4.22. The molecule has 0 N–H and O–H groups in total. The van der Waals surface area contributed by atoms with Crippen LogP contribution in [-0.2, 0) is 22.5 Å². The van der Waals surface area contributed by atoms with Gasteiger partial charge in [0.25, 0.3) is 5.56 Å². The zero-order valence-electron chi connectivity index (χ0n) is 17.0. The number of aryl methyl sites for hydroxylation is 1. The maximum Gasteiger partial charge on any atom is 0.278 e. The lowest BCUT2D eigenvalue weighted by Crippen LogP contribution is -2.31. The van der Waals surface area contributed by atoms with E-state index >= 15 is 0 Å². The molecule has 0 aliphatic carbocycles. The molecule has 0 spiro atoms. The molecule has 9 nitrogen and oxygen atoms in total. The number of carbonyl (C=O) groups is 1. The zero-order valence-corrected chi connectivity index (χ0v) is 17.8. The van der Waals surface area contributed by atoms with E-state index in [2.05, 4.69) is 15.1 Å². The van der Waals surface area contributed by atoms with Crippen molar-refractivity contribution in [3.8, 4) is 0 Å². The largest absolute Gasteiger partial charge is 0.373 e.